The predicted octanol–water partition coefficient (Wildman–Crippen LogP) is -0.0175. The molecule has 0 aromatic heterocycles. The summed E-state index contributed by atoms with van der Waals surface area (Å²) >= 11 is 0. The van der Waals surface area contributed by atoms with Crippen LogP contribution in [0.5, 0.6) is 0 Å². The maximum Gasteiger partial charge on any atom is 0 e. The summed E-state index contributed by atoms with van der Waals surface area (Å²) in [4.78, 5) is 0. The Kier molecular flexibility index (Phi) is 390. The molecule has 0 aliphatic carbocycles. The first-order valence-electron chi connectivity index (χ1n) is 0. The molecule has 0 spiro atoms. The van der Waals surface area contributed by atoms with Gasteiger partial charge in [0.1, 0.15) is 0 Å². The van der Waals surface area contributed by atoms with Crippen LogP contribution < -0.4 is 0 Å². The Hall–Kier alpha value is 4.74. The number of hydrogen-bond acceptors (Lipinski definition) is 0. The molecule has 0 aromatic rings. The van der Waals surface area contributed by atoms with E-state index in [4.69, 9.17) is 0 Å². The number of hydrogen-bond donors (Lipinski definition) is 0. The minimum Gasteiger partial charge on any atom is 0 e. The second kappa shape index (κ2) is 45.3. The minimum absolute atomic E-state index is 0. The summed E-state index contributed by atoms with van der Waals surface area (Å²) in [5, 5.41) is 0. The van der Waals surface area contributed by atoms with E-state index in [9.17, 15) is 0 Å². The number of rotatable bonds is 0. The van der Waals surface area contributed by atoms with Gasteiger partial charge in [-0.05, 0) is 0 Å². The van der Waals surface area contributed by atoms with Crippen LogP contribution >= 0.6 is 0 Å². The van der Waals surface area contributed by atoms with Crippen LogP contribution in [0.25, 0.3) is 0 Å². The van der Waals surface area contributed by atoms with Gasteiger partial charge in [0.05, 0.1) is 0 Å². The molecule has 0 heterocycles. The monoisotopic (exact) mass is 1090 g/mol. The zero-order chi connectivity index (χ0) is 0. The van der Waals surface area contributed by atoms with E-state index in [0.29, 0.717) is 0 Å². The molecule has 0 unspecified atom stereocenters. The van der Waals surface area contributed by atoms with Crippen LogP contribution in [-0.2, 0) is 146 Å². The summed E-state index contributed by atoms with van der Waals surface area (Å²) in [5.41, 5.74) is 0. The maximum atomic E-state index is 0. The van der Waals surface area contributed by atoms with Gasteiger partial charge in [0.25, 0.3) is 0 Å². The Morgan fingerprint density at radius 2 is 0.286 bits per heavy atom. The first-order chi connectivity index (χ1) is 0. The molecule has 0 bridgehead atoms. The van der Waals surface area contributed by atoms with E-state index in [-0.39, 0.29) is 146 Å². The van der Waals surface area contributed by atoms with E-state index in [2.05, 4.69) is 0 Å². The van der Waals surface area contributed by atoms with Gasteiger partial charge in [0.15, 0.2) is 0 Å². The molecule has 0 rings (SSSR count). The Balaban J connectivity index is 0. The van der Waals surface area contributed by atoms with Gasteiger partial charge in [-0.3, -0.25) is 0 Å². The van der Waals surface area contributed by atoms with Crippen LogP contribution in [0, 0.1) is 0 Å². The summed E-state index contributed by atoms with van der Waals surface area (Å²) in [7, 11) is 0. The van der Waals surface area contributed by atoms with Crippen molar-refractivity contribution in [1.29, 1.82) is 0 Å². The molecule has 7 radical (unpaired) electrons. The molecule has 0 aliphatic rings. The predicted molar refractivity (Wildman–Crippen MR) is 0 cm³/mol. The fourth-order valence-corrected chi connectivity index (χ4v) is 0. The second-order valence-electron chi connectivity index (χ2n) is 0. The fourth-order valence-electron chi connectivity index (χ4n) is 0. The zero-order valence-electron chi connectivity index (χ0n) is 2.26. The maximum absolute atomic E-state index is 0. The van der Waals surface area contributed by atoms with Crippen LogP contribution in [0.4, 0.5) is 0 Å². The normalized spacial score (nSPS) is 0. The quantitative estimate of drug-likeness (QED) is 0.300. The summed E-state index contributed by atoms with van der Waals surface area (Å²) in [5.74, 6) is 0. The molecule has 0 fully saturated rings. The van der Waals surface area contributed by atoms with Crippen molar-refractivity contribution in [2.45, 2.75) is 0 Å². The van der Waals surface area contributed by atoms with Crippen molar-refractivity contribution in [2.24, 2.45) is 0 Å². The van der Waals surface area contributed by atoms with Crippen LogP contribution in [0.1, 0.15) is 0 Å². The Labute approximate surface area is 143 Å². The van der Waals surface area contributed by atoms with E-state index in [1.807, 2.05) is 0 Å². The van der Waals surface area contributed by atoms with Crippen LogP contribution in [0.3, 0.4) is 0 Å². The molecule has 7 heteroatoms. The fraction of sp³-hybridized carbons (Fsp3) is 0. The van der Waals surface area contributed by atoms with Crippen molar-refractivity contribution in [3.05, 3.63) is 0 Å². The smallest absolute Gasteiger partial charge is 0 e. The van der Waals surface area contributed by atoms with Crippen molar-refractivity contribution < 1.29 is 146 Å². The molecule has 0 aliphatic heterocycles. The van der Waals surface area contributed by atoms with Gasteiger partial charge in [-0.2, -0.15) is 0 Å². The SMILES string of the molecule is [Au].[Au].[Au].[Au].[Au].[Mn].[Mn]. The van der Waals surface area contributed by atoms with Gasteiger partial charge in [-0.15, -0.1) is 0 Å². The average molecular weight is 1090 g/mol. The summed E-state index contributed by atoms with van der Waals surface area (Å²) < 4.78 is 0. The van der Waals surface area contributed by atoms with Crippen molar-refractivity contribution in [3.63, 3.8) is 0 Å². The van der Waals surface area contributed by atoms with E-state index in [1.54, 1.807) is 0 Å². The summed E-state index contributed by atoms with van der Waals surface area (Å²) in [6.45, 7) is 0. The topological polar surface area (TPSA) is 0 Å². The van der Waals surface area contributed by atoms with Gasteiger partial charge >= 0.3 is 0 Å². The molecule has 0 N–H and O–H groups in total. The molecule has 0 nitrogen and oxygen atoms in total. The molecule has 69 valence electrons. The molecule has 0 atom stereocenters. The summed E-state index contributed by atoms with van der Waals surface area (Å²) in [6, 6.07) is 0. The molecule has 0 saturated carbocycles. The molecule has 0 amide bonds. The van der Waals surface area contributed by atoms with Crippen molar-refractivity contribution in [2.75, 3.05) is 0 Å². The van der Waals surface area contributed by atoms with Crippen LogP contribution in [-0.4, -0.2) is 0 Å². The Morgan fingerprint density at radius 1 is 0.286 bits per heavy atom. The molecular weight excluding hydrogens is 1090 g/mol. The van der Waals surface area contributed by atoms with Crippen molar-refractivity contribution >= 4 is 0 Å². The van der Waals surface area contributed by atoms with E-state index >= 15 is 0 Å². The second-order valence-corrected chi connectivity index (χ2v) is 0. The van der Waals surface area contributed by atoms with Crippen LogP contribution in [0.15, 0.2) is 0 Å². The average Bonchev–Trinajstić information content (AvgIpc) is 0. The van der Waals surface area contributed by atoms with Gasteiger partial charge in [-0.1, -0.05) is 0 Å². The molecule has 0 saturated heterocycles. The third kappa shape index (κ3) is 36.5. The van der Waals surface area contributed by atoms with E-state index in [0.717, 1.165) is 0 Å². The zero-order valence-corrected chi connectivity index (χ0v) is 15.5. The molecule has 0 aromatic carbocycles. The van der Waals surface area contributed by atoms with Crippen LogP contribution in [0.2, 0.25) is 0 Å². The third-order valence-electron chi connectivity index (χ3n) is 0. The van der Waals surface area contributed by atoms with E-state index < -0.39 is 0 Å². The third-order valence-corrected chi connectivity index (χ3v) is 0. The molecular formula is Au5Mn2. The van der Waals surface area contributed by atoms with Gasteiger partial charge in [0, 0.05) is 146 Å². The minimum atomic E-state index is 0. The first-order valence-corrected chi connectivity index (χ1v) is 0. The Bertz CT molecular complexity index is 6.04. The van der Waals surface area contributed by atoms with E-state index in [1.165, 1.54) is 0 Å². The van der Waals surface area contributed by atoms with Gasteiger partial charge in [0.2, 0.25) is 0 Å². The van der Waals surface area contributed by atoms with Crippen molar-refractivity contribution in [1.82, 2.24) is 0 Å². The Morgan fingerprint density at radius 3 is 0.286 bits per heavy atom. The molecule has 7 heavy (non-hydrogen) atoms. The first kappa shape index (κ1) is 60.3. The van der Waals surface area contributed by atoms with Crippen molar-refractivity contribution in [3.8, 4) is 0 Å². The largest absolute Gasteiger partial charge is 0 e. The van der Waals surface area contributed by atoms with Gasteiger partial charge < -0.3 is 0 Å². The van der Waals surface area contributed by atoms with Gasteiger partial charge in [-0.25, -0.2) is 0 Å². The standard InChI is InChI=1S/5Au.2Mn. The summed E-state index contributed by atoms with van der Waals surface area (Å²) in [6.07, 6.45) is 0.